The van der Waals surface area contributed by atoms with E-state index in [2.05, 4.69) is 4.98 Å². The second kappa shape index (κ2) is 7.57. The number of nitrogens with zero attached hydrogens (tertiary/aromatic N) is 2. The van der Waals surface area contributed by atoms with E-state index in [0.717, 1.165) is 28.4 Å². The molecule has 0 saturated carbocycles. The van der Waals surface area contributed by atoms with Gasteiger partial charge in [-0.25, -0.2) is 0 Å². The Morgan fingerprint density at radius 2 is 2.00 bits per heavy atom. The molecule has 1 amide bonds. The number of aromatic nitrogens is 1. The van der Waals surface area contributed by atoms with Gasteiger partial charge >= 0.3 is 0 Å². The van der Waals surface area contributed by atoms with Gasteiger partial charge in [0.25, 0.3) is 0 Å². The molecule has 24 heavy (non-hydrogen) atoms. The van der Waals surface area contributed by atoms with Gasteiger partial charge in [0.1, 0.15) is 16.9 Å². The van der Waals surface area contributed by atoms with Gasteiger partial charge in [-0.15, -0.1) is 11.8 Å². The number of thioether (sulfide) groups is 1. The van der Waals surface area contributed by atoms with Gasteiger partial charge in [0.15, 0.2) is 0 Å². The lowest BCUT2D eigenvalue weighted by Crippen LogP contribution is -2.36. The summed E-state index contributed by atoms with van der Waals surface area (Å²) in [6.07, 6.45) is 4.10. The molecule has 1 saturated heterocycles. The Labute approximate surface area is 146 Å². The first kappa shape index (κ1) is 16.6. The summed E-state index contributed by atoms with van der Waals surface area (Å²) in [6.45, 7) is 0.546. The summed E-state index contributed by atoms with van der Waals surface area (Å²) < 4.78 is 10.7. The number of methoxy groups -OCH3 is 2. The number of benzene rings is 1. The summed E-state index contributed by atoms with van der Waals surface area (Å²) in [5.74, 6) is 2.42. The molecule has 5 nitrogen and oxygen atoms in total. The van der Waals surface area contributed by atoms with E-state index < -0.39 is 0 Å². The van der Waals surface area contributed by atoms with Crippen LogP contribution in [-0.4, -0.2) is 35.8 Å². The summed E-state index contributed by atoms with van der Waals surface area (Å²) in [7, 11) is 3.26. The quantitative estimate of drug-likeness (QED) is 0.833. The van der Waals surface area contributed by atoms with Gasteiger partial charge in [-0.2, -0.15) is 0 Å². The standard InChI is InChI=1S/C18H20N2O3S/c1-22-15-8-14(9-16(10-15)23-2)18-20(17(21)5-7-24-18)12-13-4-3-6-19-11-13/h3-4,6,8-11,18H,5,7,12H2,1-2H3. The predicted octanol–water partition coefficient (Wildman–Crippen LogP) is 3.26. The van der Waals surface area contributed by atoms with Crippen LogP contribution in [0, 0.1) is 0 Å². The van der Waals surface area contributed by atoms with Gasteiger partial charge < -0.3 is 14.4 Å². The van der Waals surface area contributed by atoms with Crippen molar-refractivity contribution in [3.05, 3.63) is 53.9 Å². The zero-order valence-electron chi connectivity index (χ0n) is 13.8. The lowest BCUT2D eigenvalue weighted by atomic mass is 10.1. The number of carbonyl (C=O) groups is 1. The molecule has 6 heteroatoms. The Morgan fingerprint density at radius 1 is 1.25 bits per heavy atom. The van der Waals surface area contributed by atoms with E-state index in [1.165, 1.54) is 0 Å². The fourth-order valence-corrected chi connectivity index (χ4v) is 3.95. The fourth-order valence-electron chi connectivity index (χ4n) is 2.73. The van der Waals surface area contributed by atoms with Crippen LogP contribution in [0.5, 0.6) is 11.5 Å². The summed E-state index contributed by atoms with van der Waals surface area (Å²) in [4.78, 5) is 18.6. The van der Waals surface area contributed by atoms with E-state index in [-0.39, 0.29) is 11.3 Å². The molecule has 1 aliphatic heterocycles. The molecule has 0 N–H and O–H groups in total. The number of hydrogen-bond donors (Lipinski definition) is 0. The maximum atomic E-state index is 12.5. The van der Waals surface area contributed by atoms with E-state index in [9.17, 15) is 4.79 Å². The van der Waals surface area contributed by atoms with Gasteiger partial charge in [0, 0.05) is 37.2 Å². The Morgan fingerprint density at radius 3 is 2.62 bits per heavy atom. The molecule has 0 radical (unpaired) electrons. The van der Waals surface area contributed by atoms with Gasteiger partial charge in [0.05, 0.1) is 14.2 Å². The Balaban J connectivity index is 1.92. The highest BCUT2D eigenvalue weighted by Crippen LogP contribution is 2.40. The third-order valence-electron chi connectivity index (χ3n) is 3.93. The second-order valence-corrected chi connectivity index (χ2v) is 6.69. The molecule has 2 heterocycles. The monoisotopic (exact) mass is 344 g/mol. The summed E-state index contributed by atoms with van der Waals surface area (Å²) in [5.41, 5.74) is 2.03. The first-order chi connectivity index (χ1) is 11.7. The minimum absolute atomic E-state index is 0.0598. The van der Waals surface area contributed by atoms with Crippen LogP contribution in [0.15, 0.2) is 42.7 Å². The minimum Gasteiger partial charge on any atom is -0.497 e. The van der Waals surface area contributed by atoms with E-state index >= 15 is 0 Å². The number of amides is 1. The minimum atomic E-state index is -0.0598. The second-order valence-electron chi connectivity index (χ2n) is 5.50. The van der Waals surface area contributed by atoms with Crippen molar-refractivity contribution in [1.29, 1.82) is 0 Å². The summed E-state index contributed by atoms with van der Waals surface area (Å²) in [6, 6.07) is 9.65. The van der Waals surface area contributed by atoms with Gasteiger partial charge in [0.2, 0.25) is 5.91 Å². The van der Waals surface area contributed by atoms with Crippen LogP contribution < -0.4 is 9.47 Å². The van der Waals surface area contributed by atoms with E-state index in [1.807, 2.05) is 35.2 Å². The molecule has 126 valence electrons. The van der Waals surface area contributed by atoms with Gasteiger partial charge in [-0.1, -0.05) is 6.07 Å². The molecule has 0 aliphatic carbocycles. The first-order valence-electron chi connectivity index (χ1n) is 7.74. The Bertz CT molecular complexity index is 686. The van der Waals surface area contributed by atoms with Crippen LogP contribution in [0.1, 0.15) is 22.9 Å². The van der Waals surface area contributed by atoms with Crippen molar-refractivity contribution >= 4 is 17.7 Å². The van der Waals surface area contributed by atoms with Crippen LogP contribution in [0.25, 0.3) is 0 Å². The zero-order chi connectivity index (χ0) is 16.9. The first-order valence-corrected chi connectivity index (χ1v) is 8.79. The molecule has 1 atom stereocenters. The topological polar surface area (TPSA) is 51.7 Å². The number of ether oxygens (including phenoxy) is 2. The molecular formula is C18H20N2O3S. The summed E-state index contributed by atoms with van der Waals surface area (Å²) in [5, 5.41) is -0.0598. The molecule has 1 aromatic heterocycles. The van der Waals surface area contributed by atoms with Gasteiger partial charge in [-0.3, -0.25) is 9.78 Å². The van der Waals surface area contributed by atoms with Crippen molar-refractivity contribution in [3.8, 4) is 11.5 Å². The molecular weight excluding hydrogens is 324 g/mol. The van der Waals surface area contributed by atoms with Crippen molar-refractivity contribution in [2.45, 2.75) is 18.3 Å². The summed E-state index contributed by atoms with van der Waals surface area (Å²) >= 11 is 1.76. The van der Waals surface area contributed by atoms with E-state index in [0.29, 0.717) is 13.0 Å². The lowest BCUT2D eigenvalue weighted by Gasteiger charge is -2.35. The van der Waals surface area contributed by atoms with Crippen LogP contribution in [-0.2, 0) is 11.3 Å². The molecule has 1 aromatic carbocycles. The predicted molar refractivity (Wildman–Crippen MR) is 94.1 cm³/mol. The van der Waals surface area contributed by atoms with Crippen molar-refractivity contribution < 1.29 is 14.3 Å². The average molecular weight is 344 g/mol. The SMILES string of the molecule is COc1cc(OC)cc(C2SCCC(=O)N2Cc2cccnc2)c1. The largest absolute Gasteiger partial charge is 0.497 e. The average Bonchev–Trinajstić information content (AvgIpc) is 2.63. The highest BCUT2D eigenvalue weighted by atomic mass is 32.2. The lowest BCUT2D eigenvalue weighted by molar-refractivity contribution is -0.132. The Hall–Kier alpha value is -2.21. The molecule has 0 spiro atoms. The highest BCUT2D eigenvalue weighted by molar-refractivity contribution is 7.99. The van der Waals surface area contributed by atoms with Gasteiger partial charge in [-0.05, 0) is 29.3 Å². The van der Waals surface area contributed by atoms with Crippen LogP contribution in [0.4, 0.5) is 0 Å². The fraction of sp³-hybridized carbons (Fsp3) is 0.333. The molecule has 1 unspecified atom stereocenters. The van der Waals surface area contributed by atoms with Crippen LogP contribution in [0.2, 0.25) is 0 Å². The molecule has 2 aromatic rings. The third kappa shape index (κ3) is 3.64. The van der Waals surface area contributed by atoms with Crippen LogP contribution in [0.3, 0.4) is 0 Å². The molecule has 3 rings (SSSR count). The number of rotatable bonds is 5. The molecule has 0 bridgehead atoms. The van der Waals surface area contributed by atoms with Crippen molar-refractivity contribution in [1.82, 2.24) is 9.88 Å². The smallest absolute Gasteiger partial charge is 0.224 e. The number of carbonyl (C=O) groups excluding carboxylic acids is 1. The van der Waals surface area contributed by atoms with Crippen molar-refractivity contribution in [2.75, 3.05) is 20.0 Å². The van der Waals surface area contributed by atoms with Crippen molar-refractivity contribution in [2.24, 2.45) is 0 Å². The third-order valence-corrected chi connectivity index (χ3v) is 5.21. The van der Waals surface area contributed by atoms with E-state index in [1.54, 1.807) is 38.4 Å². The number of pyridine rings is 1. The van der Waals surface area contributed by atoms with Crippen LogP contribution >= 0.6 is 11.8 Å². The highest BCUT2D eigenvalue weighted by Gasteiger charge is 2.30. The van der Waals surface area contributed by atoms with E-state index in [4.69, 9.17) is 9.47 Å². The normalized spacial score (nSPS) is 17.7. The zero-order valence-corrected chi connectivity index (χ0v) is 14.6. The maximum absolute atomic E-state index is 12.5. The number of hydrogen-bond acceptors (Lipinski definition) is 5. The Kier molecular flexibility index (Phi) is 5.25. The molecule has 1 aliphatic rings. The maximum Gasteiger partial charge on any atom is 0.224 e. The molecule has 1 fully saturated rings. The van der Waals surface area contributed by atoms with Crippen molar-refractivity contribution in [3.63, 3.8) is 0 Å².